The van der Waals surface area contributed by atoms with E-state index in [1.807, 2.05) is 0 Å². The third-order valence-electron chi connectivity index (χ3n) is 0.780. The molecule has 0 spiro atoms. The summed E-state index contributed by atoms with van der Waals surface area (Å²) in [5.74, 6) is 0.191. The maximum Gasteiger partial charge on any atom is 0.155 e. The Kier molecular flexibility index (Phi) is 4.03. The largest absolute Gasteiger partial charge is 0.381 e. The molecule has 0 aliphatic carbocycles. The molecule has 1 N–H and O–H groups in total. The van der Waals surface area contributed by atoms with Gasteiger partial charge in [0.1, 0.15) is 0 Å². The second-order valence-electron chi connectivity index (χ2n) is 1.53. The summed E-state index contributed by atoms with van der Waals surface area (Å²) in [6, 6.07) is 0. The monoisotopic (exact) mass is 138 g/mol. The Morgan fingerprint density at radius 2 is 2.38 bits per heavy atom. The highest BCUT2D eigenvalue weighted by Crippen LogP contribution is 1.88. The van der Waals surface area contributed by atoms with Gasteiger partial charge in [-0.2, -0.15) is 0 Å². The fourth-order valence-electron chi connectivity index (χ4n) is 0.269. The van der Waals surface area contributed by atoms with E-state index in [2.05, 4.69) is 0 Å². The Balaban J connectivity index is 3.24. The first-order chi connectivity index (χ1) is 3.66. The lowest BCUT2D eigenvalue weighted by molar-refractivity contribution is 0.136. The molecule has 0 aromatic rings. The van der Waals surface area contributed by atoms with Crippen LogP contribution in [0.3, 0.4) is 0 Å². The molecule has 0 saturated heterocycles. The van der Waals surface area contributed by atoms with E-state index in [1.165, 1.54) is 7.11 Å². The van der Waals surface area contributed by atoms with Gasteiger partial charge < -0.3 is 9.29 Å². The molecule has 2 unspecified atom stereocenters. The van der Waals surface area contributed by atoms with Crippen molar-refractivity contribution in [2.45, 2.75) is 13.0 Å². The number of hydrogen-bond donors (Lipinski definition) is 1. The zero-order chi connectivity index (χ0) is 6.57. The predicted molar refractivity (Wildman–Crippen MR) is 32.1 cm³/mol. The third kappa shape index (κ3) is 4.23. The minimum absolute atomic E-state index is 0.124. The van der Waals surface area contributed by atoms with Crippen LogP contribution in [0.1, 0.15) is 6.92 Å². The Hall–Kier alpha value is 0.0700. The topological polar surface area (TPSA) is 46.5 Å². The van der Waals surface area contributed by atoms with E-state index in [4.69, 9.17) is 9.29 Å². The van der Waals surface area contributed by atoms with Crippen LogP contribution in [0.4, 0.5) is 0 Å². The molecule has 0 rings (SSSR count). The van der Waals surface area contributed by atoms with Crippen LogP contribution in [0.2, 0.25) is 0 Å². The summed E-state index contributed by atoms with van der Waals surface area (Å²) >= 11 is -1.72. The SMILES string of the molecule is COC(C)CS(=O)O. The summed E-state index contributed by atoms with van der Waals surface area (Å²) in [6.45, 7) is 1.74. The van der Waals surface area contributed by atoms with E-state index in [-0.39, 0.29) is 11.9 Å². The average Bonchev–Trinajstić information content (AvgIpc) is 1.65. The van der Waals surface area contributed by atoms with Gasteiger partial charge in [0.15, 0.2) is 11.1 Å². The maximum atomic E-state index is 10.00. The Labute approximate surface area is 51.3 Å². The normalized spacial score (nSPS) is 17.9. The van der Waals surface area contributed by atoms with Gasteiger partial charge in [-0.1, -0.05) is 0 Å². The molecule has 2 atom stereocenters. The van der Waals surface area contributed by atoms with Crippen molar-refractivity contribution < 1.29 is 13.5 Å². The molecule has 0 aliphatic rings. The van der Waals surface area contributed by atoms with Gasteiger partial charge in [0.25, 0.3) is 0 Å². The van der Waals surface area contributed by atoms with Gasteiger partial charge >= 0.3 is 0 Å². The van der Waals surface area contributed by atoms with E-state index >= 15 is 0 Å². The fraction of sp³-hybridized carbons (Fsp3) is 1.00. The van der Waals surface area contributed by atoms with E-state index in [0.717, 1.165) is 0 Å². The zero-order valence-corrected chi connectivity index (χ0v) is 5.77. The molecule has 0 saturated carbocycles. The van der Waals surface area contributed by atoms with Crippen molar-refractivity contribution in [3.05, 3.63) is 0 Å². The van der Waals surface area contributed by atoms with Crippen LogP contribution in [0, 0.1) is 0 Å². The summed E-state index contributed by atoms with van der Waals surface area (Å²) in [6.07, 6.45) is -0.124. The number of hydrogen-bond acceptors (Lipinski definition) is 2. The van der Waals surface area contributed by atoms with E-state index in [9.17, 15) is 4.21 Å². The first kappa shape index (κ1) is 8.07. The van der Waals surface area contributed by atoms with Gasteiger partial charge in [0, 0.05) is 7.11 Å². The van der Waals surface area contributed by atoms with Crippen molar-refractivity contribution >= 4 is 11.1 Å². The lowest BCUT2D eigenvalue weighted by Gasteiger charge is -2.03. The molecule has 0 bridgehead atoms. The van der Waals surface area contributed by atoms with Crippen molar-refractivity contribution in [3.8, 4) is 0 Å². The lowest BCUT2D eigenvalue weighted by Crippen LogP contribution is -2.14. The minimum Gasteiger partial charge on any atom is -0.381 e. The molecule has 0 aliphatic heterocycles. The highest BCUT2D eigenvalue weighted by atomic mass is 32.2. The molecule has 0 amide bonds. The van der Waals surface area contributed by atoms with E-state index in [0.29, 0.717) is 0 Å². The second-order valence-corrected chi connectivity index (χ2v) is 2.51. The molecular formula is C4H10O3S. The van der Waals surface area contributed by atoms with Crippen molar-refractivity contribution in [2.75, 3.05) is 12.9 Å². The summed E-state index contributed by atoms with van der Waals surface area (Å²) < 4.78 is 23.0. The summed E-state index contributed by atoms with van der Waals surface area (Å²) in [5, 5.41) is 0. The molecule has 0 fully saturated rings. The Morgan fingerprint density at radius 3 is 2.50 bits per heavy atom. The van der Waals surface area contributed by atoms with Gasteiger partial charge in [0.05, 0.1) is 11.9 Å². The van der Waals surface area contributed by atoms with Crippen LogP contribution >= 0.6 is 0 Å². The predicted octanol–water partition coefficient (Wildman–Crippen LogP) is 0.243. The molecular weight excluding hydrogens is 128 g/mol. The summed E-state index contributed by atoms with van der Waals surface area (Å²) in [5.41, 5.74) is 0. The Morgan fingerprint density at radius 1 is 1.88 bits per heavy atom. The van der Waals surface area contributed by atoms with Crippen molar-refractivity contribution in [1.82, 2.24) is 0 Å². The van der Waals surface area contributed by atoms with E-state index in [1.54, 1.807) is 6.92 Å². The molecule has 8 heavy (non-hydrogen) atoms. The molecule has 4 heteroatoms. The smallest absolute Gasteiger partial charge is 0.155 e. The first-order valence-electron chi connectivity index (χ1n) is 2.27. The number of methoxy groups -OCH3 is 1. The van der Waals surface area contributed by atoms with Crippen LogP contribution < -0.4 is 0 Å². The van der Waals surface area contributed by atoms with Crippen LogP contribution in [-0.4, -0.2) is 27.7 Å². The quantitative estimate of drug-likeness (QED) is 0.568. The number of rotatable bonds is 3. The molecule has 0 radical (unpaired) electrons. The molecule has 3 nitrogen and oxygen atoms in total. The maximum absolute atomic E-state index is 10.00. The first-order valence-corrected chi connectivity index (χ1v) is 3.54. The zero-order valence-electron chi connectivity index (χ0n) is 4.96. The Bertz CT molecular complexity index is 83.4. The standard InChI is InChI=1S/C4H10O3S/c1-4(7-2)3-8(5)6/h4H,3H2,1-2H3,(H,5,6). The highest BCUT2D eigenvalue weighted by Gasteiger charge is 2.01. The van der Waals surface area contributed by atoms with Crippen molar-refractivity contribution in [3.63, 3.8) is 0 Å². The summed E-state index contributed by atoms with van der Waals surface area (Å²) in [4.78, 5) is 0. The fourth-order valence-corrected chi connectivity index (χ4v) is 0.806. The molecule has 0 aromatic heterocycles. The van der Waals surface area contributed by atoms with Crippen LogP contribution in [0.5, 0.6) is 0 Å². The van der Waals surface area contributed by atoms with Gasteiger partial charge in [-0.25, -0.2) is 4.21 Å². The van der Waals surface area contributed by atoms with Gasteiger partial charge in [-0.15, -0.1) is 0 Å². The van der Waals surface area contributed by atoms with Gasteiger partial charge in [-0.3, -0.25) is 0 Å². The average molecular weight is 138 g/mol. The second kappa shape index (κ2) is 4.00. The molecule has 0 heterocycles. The third-order valence-corrected chi connectivity index (χ3v) is 1.53. The highest BCUT2D eigenvalue weighted by molar-refractivity contribution is 7.79. The van der Waals surface area contributed by atoms with Crippen LogP contribution in [0.25, 0.3) is 0 Å². The van der Waals surface area contributed by atoms with E-state index < -0.39 is 11.1 Å². The molecule has 50 valence electrons. The van der Waals surface area contributed by atoms with Crippen molar-refractivity contribution in [2.24, 2.45) is 0 Å². The van der Waals surface area contributed by atoms with Gasteiger partial charge in [-0.05, 0) is 6.92 Å². The van der Waals surface area contributed by atoms with Crippen molar-refractivity contribution in [1.29, 1.82) is 0 Å². The van der Waals surface area contributed by atoms with Crippen LogP contribution in [-0.2, 0) is 15.8 Å². The number of ether oxygens (including phenoxy) is 1. The lowest BCUT2D eigenvalue weighted by atomic mass is 10.5. The molecule has 0 aromatic carbocycles. The summed E-state index contributed by atoms with van der Waals surface area (Å²) in [7, 11) is 1.51. The van der Waals surface area contributed by atoms with Crippen LogP contribution in [0.15, 0.2) is 0 Å². The minimum atomic E-state index is -1.72. The van der Waals surface area contributed by atoms with Gasteiger partial charge in [0.2, 0.25) is 0 Å².